The minimum absolute atomic E-state index is 0.200. The van der Waals surface area contributed by atoms with Crippen molar-refractivity contribution < 1.29 is 22.0 Å². The van der Waals surface area contributed by atoms with E-state index in [1.807, 2.05) is 12.1 Å². The summed E-state index contributed by atoms with van der Waals surface area (Å²) in [7, 11) is -3.95. The Morgan fingerprint density at radius 2 is 1.73 bits per heavy atom. The predicted molar refractivity (Wildman–Crippen MR) is 109 cm³/mol. The maximum absolute atomic E-state index is 14.4. The summed E-state index contributed by atoms with van der Waals surface area (Å²) in [5.74, 6) is -0.219. The lowest BCUT2D eigenvalue weighted by Crippen LogP contribution is -2.48. The third kappa shape index (κ3) is 4.43. The van der Waals surface area contributed by atoms with Gasteiger partial charge in [-0.3, -0.25) is 9.69 Å². The third-order valence-electron chi connectivity index (χ3n) is 5.73. The van der Waals surface area contributed by atoms with Gasteiger partial charge in [0, 0.05) is 44.8 Å². The molecule has 2 fully saturated rings. The fourth-order valence-corrected chi connectivity index (χ4v) is 5.60. The van der Waals surface area contributed by atoms with Gasteiger partial charge in [0.05, 0.1) is 12.8 Å². The van der Waals surface area contributed by atoms with E-state index in [1.54, 1.807) is 11.2 Å². The number of carbonyl (C=O) groups is 1. The van der Waals surface area contributed by atoms with E-state index in [4.69, 9.17) is 4.42 Å². The normalized spacial score (nSPS) is 19.2. The van der Waals surface area contributed by atoms with Gasteiger partial charge in [-0.2, -0.15) is 4.31 Å². The van der Waals surface area contributed by atoms with Crippen molar-refractivity contribution in [3.8, 4) is 0 Å². The Hall–Kier alpha value is -2.23. The summed E-state index contributed by atoms with van der Waals surface area (Å²) in [6.07, 6.45) is 4.14. The van der Waals surface area contributed by atoms with Crippen LogP contribution in [-0.2, 0) is 16.6 Å². The second-order valence-corrected chi connectivity index (χ2v) is 9.66. The lowest BCUT2D eigenvalue weighted by Gasteiger charge is -2.34. The molecule has 2 aliphatic heterocycles. The Morgan fingerprint density at radius 3 is 2.40 bits per heavy atom. The number of nitrogens with zero attached hydrogens (tertiary/aromatic N) is 3. The summed E-state index contributed by atoms with van der Waals surface area (Å²) < 4.78 is 46.9. The monoisotopic (exact) mass is 435 g/mol. The summed E-state index contributed by atoms with van der Waals surface area (Å²) >= 11 is 0. The second-order valence-electron chi connectivity index (χ2n) is 7.76. The quantitative estimate of drug-likeness (QED) is 0.722. The van der Waals surface area contributed by atoms with Crippen LogP contribution in [0.5, 0.6) is 0 Å². The van der Waals surface area contributed by atoms with E-state index in [2.05, 4.69) is 4.90 Å². The van der Waals surface area contributed by atoms with E-state index < -0.39 is 20.7 Å². The van der Waals surface area contributed by atoms with E-state index in [1.165, 1.54) is 16.4 Å². The number of hydrogen-bond donors (Lipinski definition) is 0. The number of rotatable bonds is 5. The average molecular weight is 436 g/mol. The molecule has 1 aromatic carbocycles. The van der Waals surface area contributed by atoms with E-state index in [9.17, 15) is 17.6 Å². The summed E-state index contributed by atoms with van der Waals surface area (Å²) in [5.41, 5.74) is 0.200. The molecule has 0 radical (unpaired) electrons. The Bertz CT molecular complexity index is 980. The van der Waals surface area contributed by atoms with Crippen molar-refractivity contribution in [2.24, 2.45) is 0 Å². The molecule has 3 heterocycles. The smallest absolute Gasteiger partial charge is 0.253 e. The van der Waals surface area contributed by atoms with Crippen LogP contribution in [0.3, 0.4) is 0 Å². The van der Waals surface area contributed by atoms with Crippen LogP contribution >= 0.6 is 0 Å². The molecule has 2 aliphatic rings. The van der Waals surface area contributed by atoms with Crippen LogP contribution in [0.2, 0.25) is 0 Å². The molecule has 162 valence electrons. The molecule has 0 unspecified atom stereocenters. The van der Waals surface area contributed by atoms with Gasteiger partial charge in [-0.05, 0) is 43.2 Å². The third-order valence-corrected chi connectivity index (χ3v) is 7.64. The topological polar surface area (TPSA) is 74.1 Å². The number of amides is 1. The zero-order valence-corrected chi connectivity index (χ0v) is 17.6. The van der Waals surface area contributed by atoms with Gasteiger partial charge >= 0.3 is 0 Å². The predicted octanol–water partition coefficient (Wildman–Crippen LogP) is 2.55. The fraction of sp³-hybridized carbons (Fsp3) is 0.476. The molecule has 7 nitrogen and oxygen atoms in total. The molecular weight excluding hydrogens is 409 g/mol. The summed E-state index contributed by atoms with van der Waals surface area (Å²) in [6.45, 7) is 3.87. The number of benzene rings is 1. The van der Waals surface area contributed by atoms with Crippen molar-refractivity contribution in [1.29, 1.82) is 0 Å². The number of sulfonamides is 1. The Labute approximate surface area is 176 Å². The summed E-state index contributed by atoms with van der Waals surface area (Å²) in [5, 5.41) is 0. The van der Waals surface area contributed by atoms with Crippen LogP contribution in [0.1, 0.15) is 35.4 Å². The summed E-state index contributed by atoms with van der Waals surface area (Å²) in [6, 6.07) is 7.40. The van der Waals surface area contributed by atoms with Gasteiger partial charge in [-0.1, -0.05) is 6.42 Å². The standard InChI is InChI=1S/C21H26FN3O4S/c22-19-7-6-17(15-20(19)30(27,28)25-8-2-1-3-9-25)21(26)24-12-10-23(11-13-24)16-18-5-4-14-29-18/h4-7,14-15H,1-3,8-13,16H2. The highest BCUT2D eigenvalue weighted by Gasteiger charge is 2.30. The van der Waals surface area contributed by atoms with Crippen LogP contribution in [0.4, 0.5) is 4.39 Å². The zero-order chi connectivity index (χ0) is 21.1. The van der Waals surface area contributed by atoms with Crippen molar-refractivity contribution in [3.63, 3.8) is 0 Å². The largest absolute Gasteiger partial charge is 0.468 e. The fourth-order valence-electron chi connectivity index (χ4n) is 3.99. The second kappa shape index (κ2) is 8.87. The highest BCUT2D eigenvalue weighted by Crippen LogP contribution is 2.24. The molecule has 9 heteroatoms. The molecule has 0 N–H and O–H groups in total. The molecule has 2 saturated heterocycles. The number of piperazine rings is 1. The van der Waals surface area contributed by atoms with Crippen LogP contribution in [0.15, 0.2) is 45.9 Å². The van der Waals surface area contributed by atoms with E-state index >= 15 is 0 Å². The van der Waals surface area contributed by atoms with Crippen molar-refractivity contribution >= 4 is 15.9 Å². The molecule has 0 spiro atoms. The molecule has 30 heavy (non-hydrogen) atoms. The van der Waals surface area contributed by atoms with Crippen molar-refractivity contribution in [2.45, 2.75) is 30.7 Å². The SMILES string of the molecule is O=C(c1ccc(F)c(S(=O)(=O)N2CCCCC2)c1)N1CCN(Cc2ccco2)CC1. The highest BCUT2D eigenvalue weighted by atomic mass is 32.2. The molecule has 0 bridgehead atoms. The minimum Gasteiger partial charge on any atom is -0.468 e. The number of piperidine rings is 1. The number of halogens is 1. The zero-order valence-electron chi connectivity index (χ0n) is 16.8. The highest BCUT2D eigenvalue weighted by molar-refractivity contribution is 7.89. The Balaban J connectivity index is 1.45. The van der Waals surface area contributed by atoms with Gasteiger partial charge in [0.25, 0.3) is 5.91 Å². The lowest BCUT2D eigenvalue weighted by molar-refractivity contribution is 0.0620. The van der Waals surface area contributed by atoms with Crippen LogP contribution in [0, 0.1) is 5.82 Å². The molecule has 4 rings (SSSR count). The van der Waals surface area contributed by atoms with Crippen molar-refractivity contribution in [3.05, 3.63) is 53.7 Å². The van der Waals surface area contributed by atoms with Crippen LogP contribution < -0.4 is 0 Å². The molecule has 0 aliphatic carbocycles. The first-order valence-electron chi connectivity index (χ1n) is 10.3. The molecule has 1 amide bonds. The summed E-state index contributed by atoms with van der Waals surface area (Å²) in [4.78, 5) is 16.4. The van der Waals surface area contributed by atoms with E-state index in [0.717, 1.165) is 31.1 Å². The first kappa shape index (κ1) is 21.0. The first-order chi connectivity index (χ1) is 14.4. The van der Waals surface area contributed by atoms with Crippen molar-refractivity contribution in [2.75, 3.05) is 39.3 Å². The Kier molecular flexibility index (Phi) is 6.21. The number of carbonyl (C=O) groups excluding carboxylic acids is 1. The lowest BCUT2D eigenvalue weighted by atomic mass is 10.1. The van der Waals surface area contributed by atoms with E-state index in [-0.39, 0.29) is 11.5 Å². The van der Waals surface area contributed by atoms with Crippen LogP contribution in [0.25, 0.3) is 0 Å². The minimum atomic E-state index is -3.95. The average Bonchev–Trinajstić information content (AvgIpc) is 3.28. The molecule has 1 aromatic heterocycles. The van der Waals surface area contributed by atoms with Gasteiger partial charge < -0.3 is 9.32 Å². The van der Waals surface area contributed by atoms with E-state index in [0.29, 0.717) is 45.8 Å². The number of hydrogen-bond acceptors (Lipinski definition) is 5. The van der Waals surface area contributed by atoms with Gasteiger partial charge in [0.2, 0.25) is 10.0 Å². The molecular formula is C21H26FN3O4S. The van der Waals surface area contributed by atoms with Gasteiger partial charge in [0.1, 0.15) is 16.5 Å². The van der Waals surface area contributed by atoms with Gasteiger partial charge in [0.15, 0.2) is 0 Å². The maximum Gasteiger partial charge on any atom is 0.253 e. The molecule has 2 aromatic rings. The van der Waals surface area contributed by atoms with Gasteiger partial charge in [-0.25, -0.2) is 12.8 Å². The maximum atomic E-state index is 14.4. The number of furan rings is 1. The first-order valence-corrected chi connectivity index (χ1v) is 11.7. The van der Waals surface area contributed by atoms with Crippen molar-refractivity contribution in [1.82, 2.24) is 14.1 Å². The molecule has 0 atom stereocenters. The molecule has 0 saturated carbocycles. The Morgan fingerprint density at radius 1 is 1.00 bits per heavy atom. The van der Waals surface area contributed by atoms with Gasteiger partial charge in [-0.15, -0.1) is 0 Å². The van der Waals surface area contributed by atoms with Crippen LogP contribution in [-0.4, -0.2) is 67.7 Å².